The molecule has 0 saturated heterocycles. The highest BCUT2D eigenvalue weighted by atomic mass is 79.9. The number of nitrogen functional groups attached to an aromatic ring is 1. The van der Waals surface area contributed by atoms with Crippen molar-refractivity contribution in [3.63, 3.8) is 0 Å². The van der Waals surface area contributed by atoms with Gasteiger partial charge in [0.15, 0.2) is 0 Å². The van der Waals surface area contributed by atoms with E-state index in [-0.39, 0.29) is 10.0 Å². The molecule has 0 fully saturated rings. The molecule has 0 bridgehead atoms. The molecule has 0 radical (unpaired) electrons. The summed E-state index contributed by atoms with van der Waals surface area (Å²) in [6.07, 6.45) is 0. The third kappa shape index (κ3) is 2.86. The molecule has 1 aromatic heterocycles. The Morgan fingerprint density at radius 3 is 2.27 bits per heavy atom. The quantitative estimate of drug-likeness (QED) is 0.355. The topological polar surface area (TPSA) is 197 Å². The molecular formula is C14H10BrN3O8. The summed E-state index contributed by atoms with van der Waals surface area (Å²) in [4.78, 5) is 47.3. The van der Waals surface area contributed by atoms with Gasteiger partial charge in [-0.05, 0) is 13.0 Å². The summed E-state index contributed by atoms with van der Waals surface area (Å²) < 4.78 is 0.0866. The van der Waals surface area contributed by atoms with Gasteiger partial charge in [0.1, 0.15) is 16.9 Å². The number of H-pyrrole nitrogens is 1. The Hall–Kier alpha value is -3.41. The Morgan fingerprint density at radius 2 is 1.81 bits per heavy atom. The molecule has 1 aromatic carbocycles. The van der Waals surface area contributed by atoms with Crippen molar-refractivity contribution in [3.8, 4) is 16.9 Å². The number of nitrogens with zero attached hydrogens (tertiary/aromatic N) is 1. The van der Waals surface area contributed by atoms with Crippen LogP contribution in [0, 0.1) is 17.0 Å². The van der Waals surface area contributed by atoms with Crippen LogP contribution in [0.3, 0.4) is 0 Å². The Morgan fingerprint density at radius 1 is 1.27 bits per heavy atom. The highest BCUT2D eigenvalue weighted by Crippen LogP contribution is 2.44. The van der Waals surface area contributed by atoms with Gasteiger partial charge in [-0.25, -0.2) is 9.59 Å². The molecule has 2 rings (SSSR count). The second-order valence-electron chi connectivity index (χ2n) is 5.09. The number of phenols is 1. The van der Waals surface area contributed by atoms with E-state index in [1.54, 1.807) is 0 Å². The van der Waals surface area contributed by atoms with Crippen LogP contribution in [0.15, 0.2) is 15.3 Å². The van der Waals surface area contributed by atoms with Crippen LogP contribution in [-0.2, 0) is 0 Å². The first-order valence-electron chi connectivity index (χ1n) is 6.68. The van der Waals surface area contributed by atoms with Crippen LogP contribution in [0.1, 0.15) is 26.3 Å². The van der Waals surface area contributed by atoms with E-state index in [9.17, 15) is 39.8 Å². The molecule has 0 spiro atoms. The summed E-state index contributed by atoms with van der Waals surface area (Å²) in [7, 11) is 0. The fraction of sp³-hybridized carbons (Fsp3) is 0.0714. The van der Waals surface area contributed by atoms with Crippen molar-refractivity contribution < 1.29 is 29.8 Å². The van der Waals surface area contributed by atoms with E-state index in [2.05, 4.69) is 15.9 Å². The molecule has 2 aromatic rings. The van der Waals surface area contributed by atoms with Gasteiger partial charge in [0.2, 0.25) is 5.75 Å². The molecule has 0 aliphatic carbocycles. The number of nitrogens with two attached hydrogens (primary N) is 1. The highest BCUT2D eigenvalue weighted by molar-refractivity contribution is 9.10. The average molecular weight is 428 g/mol. The van der Waals surface area contributed by atoms with Crippen LogP contribution < -0.4 is 11.3 Å². The molecule has 1 heterocycles. The predicted molar refractivity (Wildman–Crippen MR) is 91.6 cm³/mol. The molecule has 12 heteroatoms. The van der Waals surface area contributed by atoms with E-state index in [0.29, 0.717) is 0 Å². The van der Waals surface area contributed by atoms with E-state index in [1.807, 2.05) is 4.98 Å². The fourth-order valence-electron chi connectivity index (χ4n) is 2.45. The van der Waals surface area contributed by atoms with Gasteiger partial charge in [-0.2, -0.15) is 0 Å². The summed E-state index contributed by atoms with van der Waals surface area (Å²) in [5.41, 5.74) is 0.369. The van der Waals surface area contributed by atoms with Crippen molar-refractivity contribution in [3.05, 3.63) is 47.7 Å². The van der Waals surface area contributed by atoms with Crippen LogP contribution in [-0.4, -0.2) is 37.2 Å². The molecule has 0 aliphatic heterocycles. The standard InChI is InChI=1S/C14H10BrN3O8/c1-3-5(15)2-4(10(19)9(3)18(25)26)6-7(13(21)22)11(16)17-12(20)8(6)14(23)24/h2,19H,1H3,(H,21,22)(H,23,24)(H3,16,17,20). The number of aromatic nitrogens is 1. The van der Waals surface area contributed by atoms with Crippen LogP contribution in [0.5, 0.6) is 5.75 Å². The van der Waals surface area contributed by atoms with Gasteiger partial charge in [-0.3, -0.25) is 14.9 Å². The van der Waals surface area contributed by atoms with Crippen LogP contribution >= 0.6 is 15.9 Å². The zero-order valence-corrected chi connectivity index (χ0v) is 14.4. The number of pyridine rings is 1. The smallest absolute Gasteiger partial charge is 0.342 e. The monoisotopic (exact) mass is 427 g/mol. The van der Waals surface area contributed by atoms with E-state index >= 15 is 0 Å². The van der Waals surface area contributed by atoms with Gasteiger partial charge in [0, 0.05) is 21.2 Å². The number of nitro groups is 1. The van der Waals surface area contributed by atoms with Gasteiger partial charge in [-0.15, -0.1) is 0 Å². The maximum atomic E-state index is 12.0. The largest absolute Gasteiger partial charge is 0.502 e. The molecule has 136 valence electrons. The van der Waals surface area contributed by atoms with Crippen LogP contribution in [0.4, 0.5) is 11.5 Å². The SMILES string of the molecule is Cc1c(Br)cc(-c2c(C(=O)O)c(N)[nH]c(=O)c2C(=O)O)c(O)c1[N+](=O)[O-]. The number of carboxylic acid groups (broad SMARTS) is 2. The predicted octanol–water partition coefficient (Wildman–Crippen LogP) is 1.71. The summed E-state index contributed by atoms with van der Waals surface area (Å²) in [6, 6.07) is 1.07. The number of nitro benzene ring substituents is 1. The lowest BCUT2D eigenvalue weighted by atomic mass is 9.93. The molecular weight excluding hydrogens is 418 g/mol. The number of hydrogen-bond acceptors (Lipinski definition) is 7. The highest BCUT2D eigenvalue weighted by Gasteiger charge is 2.32. The van der Waals surface area contributed by atoms with E-state index in [1.165, 1.54) is 6.92 Å². The average Bonchev–Trinajstić information content (AvgIpc) is 2.48. The molecule has 11 nitrogen and oxygen atoms in total. The third-order valence-corrected chi connectivity index (χ3v) is 4.41. The van der Waals surface area contributed by atoms with Crippen molar-refractivity contribution in [1.29, 1.82) is 0 Å². The van der Waals surface area contributed by atoms with E-state index < -0.39 is 61.9 Å². The van der Waals surface area contributed by atoms with Crippen LogP contribution in [0.25, 0.3) is 11.1 Å². The number of hydrogen-bond donors (Lipinski definition) is 5. The van der Waals surface area contributed by atoms with Crippen molar-refractivity contribution in [2.75, 3.05) is 5.73 Å². The fourth-order valence-corrected chi connectivity index (χ4v) is 2.87. The minimum atomic E-state index is -1.80. The second kappa shape index (κ2) is 6.48. The number of aromatic carboxylic acids is 2. The number of aromatic hydroxyl groups is 1. The number of aromatic amines is 1. The van der Waals surface area contributed by atoms with Crippen molar-refractivity contribution in [2.45, 2.75) is 6.92 Å². The lowest BCUT2D eigenvalue weighted by molar-refractivity contribution is -0.386. The van der Waals surface area contributed by atoms with Crippen molar-refractivity contribution >= 4 is 39.4 Å². The normalized spacial score (nSPS) is 10.5. The number of benzene rings is 1. The summed E-state index contributed by atoms with van der Waals surface area (Å²) in [6.45, 7) is 1.31. The first-order chi connectivity index (χ1) is 12.0. The van der Waals surface area contributed by atoms with Crippen LogP contribution in [0.2, 0.25) is 0 Å². The minimum Gasteiger partial charge on any atom is -0.502 e. The second-order valence-corrected chi connectivity index (χ2v) is 5.94. The Labute approximate surface area is 152 Å². The number of nitrogens with one attached hydrogen (secondary N) is 1. The number of carbonyl (C=O) groups is 2. The van der Waals surface area contributed by atoms with Gasteiger partial charge in [-0.1, -0.05) is 15.9 Å². The molecule has 0 atom stereocenters. The molecule has 0 aliphatic rings. The lowest BCUT2D eigenvalue weighted by Gasteiger charge is -2.14. The number of carboxylic acids is 2. The zero-order valence-electron chi connectivity index (χ0n) is 12.9. The van der Waals surface area contributed by atoms with E-state index in [0.717, 1.165) is 6.07 Å². The minimum absolute atomic E-state index is 0.0165. The number of halogens is 1. The Kier molecular flexibility index (Phi) is 4.71. The van der Waals surface area contributed by atoms with Gasteiger partial charge in [0.25, 0.3) is 5.56 Å². The summed E-state index contributed by atoms with van der Waals surface area (Å²) in [5.74, 6) is -5.16. The first kappa shape index (κ1) is 18.9. The number of rotatable bonds is 4. The van der Waals surface area contributed by atoms with Gasteiger partial charge < -0.3 is 26.0 Å². The Balaban J connectivity index is 3.16. The van der Waals surface area contributed by atoms with Gasteiger partial charge >= 0.3 is 17.6 Å². The molecule has 0 unspecified atom stereocenters. The molecule has 26 heavy (non-hydrogen) atoms. The first-order valence-corrected chi connectivity index (χ1v) is 7.47. The Bertz CT molecular complexity index is 1040. The zero-order chi connectivity index (χ0) is 19.9. The van der Waals surface area contributed by atoms with Crippen molar-refractivity contribution in [1.82, 2.24) is 4.98 Å². The van der Waals surface area contributed by atoms with E-state index in [4.69, 9.17) is 5.73 Å². The third-order valence-electron chi connectivity index (χ3n) is 3.59. The maximum Gasteiger partial charge on any atom is 0.342 e. The summed E-state index contributed by atoms with van der Waals surface area (Å²) >= 11 is 3.03. The number of anilines is 1. The van der Waals surface area contributed by atoms with Gasteiger partial charge in [0.05, 0.1) is 4.92 Å². The molecule has 0 amide bonds. The number of phenolic OH excluding ortho intramolecular Hbond substituents is 1. The molecule has 0 saturated carbocycles. The summed E-state index contributed by atoms with van der Waals surface area (Å²) in [5, 5.41) is 40.3. The van der Waals surface area contributed by atoms with Crippen molar-refractivity contribution in [2.24, 2.45) is 0 Å². The lowest BCUT2D eigenvalue weighted by Crippen LogP contribution is -2.24. The molecule has 6 N–H and O–H groups in total. The maximum absolute atomic E-state index is 12.0.